The predicted molar refractivity (Wildman–Crippen MR) is 95.0 cm³/mol. The Balaban J connectivity index is 1.82. The van der Waals surface area contributed by atoms with Crippen molar-refractivity contribution in [2.45, 2.75) is 26.3 Å². The summed E-state index contributed by atoms with van der Waals surface area (Å²) in [6, 6.07) is 6.43. The van der Waals surface area contributed by atoms with Gasteiger partial charge < -0.3 is 9.47 Å². The largest absolute Gasteiger partial charge is 0.378 e. The lowest BCUT2D eigenvalue weighted by molar-refractivity contribution is -0.0340. The minimum Gasteiger partial charge on any atom is -0.378 e. The zero-order valence-corrected chi connectivity index (χ0v) is 15.5. The summed E-state index contributed by atoms with van der Waals surface area (Å²) in [5.41, 5.74) is 3.01. The normalized spacial score (nSPS) is 18.4. The summed E-state index contributed by atoms with van der Waals surface area (Å²) in [6.07, 6.45) is -2.46. The molecule has 2 heterocycles. The van der Waals surface area contributed by atoms with Crippen LogP contribution in [-0.4, -0.2) is 60.6 Å². The Morgan fingerprint density at radius 1 is 1.30 bits per heavy atom. The van der Waals surface area contributed by atoms with Crippen molar-refractivity contribution in [2.75, 3.05) is 39.5 Å². The van der Waals surface area contributed by atoms with Crippen LogP contribution in [0.25, 0.3) is 5.69 Å². The maximum atomic E-state index is 14.2. The van der Waals surface area contributed by atoms with Crippen LogP contribution in [0.5, 0.6) is 0 Å². The van der Waals surface area contributed by atoms with Crippen molar-refractivity contribution < 1.29 is 22.6 Å². The van der Waals surface area contributed by atoms with Crippen LogP contribution in [0.3, 0.4) is 0 Å². The topological polar surface area (TPSA) is 39.5 Å². The number of halogens is 3. The van der Waals surface area contributed by atoms with Crippen molar-refractivity contribution in [1.29, 1.82) is 0 Å². The molecule has 3 rings (SSSR count). The Morgan fingerprint density at radius 3 is 2.81 bits per heavy atom. The second kappa shape index (κ2) is 8.86. The maximum Gasteiger partial charge on any atom is 0.261 e. The smallest absolute Gasteiger partial charge is 0.261 e. The number of rotatable bonds is 7. The van der Waals surface area contributed by atoms with Crippen molar-refractivity contribution in [1.82, 2.24) is 14.7 Å². The number of para-hydroxylation sites is 1. The standard InChI is InChI=1S/C19H24F3N3O2/c1-13-19(14(2)25(23-13)16-6-4-3-5-15(16)20)17-11-26-9-7-24(17)8-10-27-12-18(21)22/h3-6,17-18H,7-12H2,1-2H3. The molecule has 8 heteroatoms. The fourth-order valence-corrected chi connectivity index (χ4v) is 3.52. The molecule has 1 atom stereocenters. The molecular formula is C19H24F3N3O2. The summed E-state index contributed by atoms with van der Waals surface area (Å²) in [5.74, 6) is -0.341. The molecule has 1 fully saturated rings. The molecule has 1 aromatic heterocycles. The summed E-state index contributed by atoms with van der Waals surface area (Å²) in [5, 5.41) is 4.53. The highest BCUT2D eigenvalue weighted by Crippen LogP contribution is 2.31. The number of aromatic nitrogens is 2. The van der Waals surface area contributed by atoms with E-state index in [1.54, 1.807) is 22.9 Å². The van der Waals surface area contributed by atoms with Crippen LogP contribution in [0.2, 0.25) is 0 Å². The summed E-state index contributed by atoms with van der Waals surface area (Å²) in [4.78, 5) is 2.15. The Bertz CT molecular complexity index is 767. The lowest BCUT2D eigenvalue weighted by atomic mass is 10.0. The first-order valence-corrected chi connectivity index (χ1v) is 8.97. The average molecular weight is 383 g/mol. The Labute approximate surface area is 156 Å². The molecule has 1 aliphatic heterocycles. The number of hydrogen-bond donors (Lipinski definition) is 0. The number of benzene rings is 1. The number of alkyl halides is 2. The van der Waals surface area contributed by atoms with Crippen LogP contribution < -0.4 is 0 Å². The average Bonchev–Trinajstić information content (AvgIpc) is 2.93. The second-order valence-electron chi connectivity index (χ2n) is 6.54. The molecule has 148 valence electrons. The molecule has 1 unspecified atom stereocenters. The number of aryl methyl sites for hydroxylation is 1. The van der Waals surface area contributed by atoms with Gasteiger partial charge in [-0.3, -0.25) is 4.90 Å². The Morgan fingerprint density at radius 2 is 2.07 bits per heavy atom. The van der Waals surface area contributed by atoms with Crippen LogP contribution >= 0.6 is 0 Å². The minimum atomic E-state index is -2.46. The number of nitrogens with zero attached hydrogens (tertiary/aromatic N) is 3. The van der Waals surface area contributed by atoms with Gasteiger partial charge in [0.05, 0.1) is 31.6 Å². The molecule has 5 nitrogen and oxygen atoms in total. The summed E-state index contributed by atoms with van der Waals surface area (Å²) < 4.78 is 51.0. The highest BCUT2D eigenvalue weighted by molar-refractivity contribution is 5.39. The van der Waals surface area contributed by atoms with E-state index in [1.807, 2.05) is 13.8 Å². The van der Waals surface area contributed by atoms with E-state index in [9.17, 15) is 13.2 Å². The van der Waals surface area contributed by atoms with Gasteiger partial charge in [0.1, 0.15) is 18.1 Å². The molecule has 0 saturated carbocycles. The molecular weight excluding hydrogens is 359 g/mol. The van der Waals surface area contributed by atoms with E-state index in [2.05, 4.69) is 10.00 Å². The van der Waals surface area contributed by atoms with E-state index in [1.165, 1.54) is 6.07 Å². The van der Waals surface area contributed by atoms with Crippen molar-refractivity contribution in [3.8, 4) is 5.69 Å². The van der Waals surface area contributed by atoms with Gasteiger partial charge in [-0.2, -0.15) is 5.10 Å². The molecule has 27 heavy (non-hydrogen) atoms. The van der Waals surface area contributed by atoms with E-state index in [0.29, 0.717) is 32.0 Å². The third kappa shape index (κ3) is 4.51. The summed E-state index contributed by atoms with van der Waals surface area (Å²) in [6.45, 7) is 5.70. The molecule has 0 aliphatic carbocycles. The molecule has 0 radical (unpaired) electrons. The Hall–Kier alpha value is -1.90. The second-order valence-corrected chi connectivity index (χ2v) is 6.54. The number of hydrogen-bond acceptors (Lipinski definition) is 4. The monoisotopic (exact) mass is 383 g/mol. The first kappa shape index (κ1) is 19.9. The van der Waals surface area contributed by atoms with E-state index in [4.69, 9.17) is 9.47 Å². The zero-order valence-electron chi connectivity index (χ0n) is 15.5. The first-order valence-electron chi connectivity index (χ1n) is 8.97. The van der Waals surface area contributed by atoms with Crippen LogP contribution in [-0.2, 0) is 9.47 Å². The highest BCUT2D eigenvalue weighted by atomic mass is 19.3. The van der Waals surface area contributed by atoms with Gasteiger partial charge in [0, 0.05) is 24.3 Å². The third-order valence-corrected chi connectivity index (χ3v) is 4.77. The van der Waals surface area contributed by atoms with Crippen LogP contribution in [0, 0.1) is 19.7 Å². The van der Waals surface area contributed by atoms with Gasteiger partial charge in [0.15, 0.2) is 0 Å². The van der Waals surface area contributed by atoms with Gasteiger partial charge in [-0.25, -0.2) is 17.9 Å². The van der Waals surface area contributed by atoms with Crippen molar-refractivity contribution in [3.63, 3.8) is 0 Å². The van der Waals surface area contributed by atoms with E-state index >= 15 is 0 Å². The quantitative estimate of drug-likeness (QED) is 0.688. The number of ether oxygens (including phenoxy) is 2. The van der Waals surface area contributed by atoms with Crippen molar-refractivity contribution in [2.24, 2.45) is 0 Å². The van der Waals surface area contributed by atoms with Gasteiger partial charge >= 0.3 is 0 Å². The maximum absolute atomic E-state index is 14.2. The molecule has 1 aliphatic rings. The van der Waals surface area contributed by atoms with Gasteiger partial charge in [0.25, 0.3) is 6.43 Å². The zero-order chi connectivity index (χ0) is 19.4. The third-order valence-electron chi connectivity index (χ3n) is 4.77. The fourth-order valence-electron chi connectivity index (χ4n) is 3.52. The van der Waals surface area contributed by atoms with Crippen LogP contribution in [0.4, 0.5) is 13.2 Å². The van der Waals surface area contributed by atoms with E-state index in [0.717, 1.165) is 17.0 Å². The fraction of sp³-hybridized carbons (Fsp3) is 0.526. The van der Waals surface area contributed by atoms with Crippen molar-refractivity contribution in [3.05, 3.63) is 47.0 Å². The predicted octanol–water partition coefficient (Wildman–Crippen LogP) is 3.28. The minimum absolute atomic E-state index is 0.0746. The molecule has 0 N–H and O–H groups in total. The van der Waals surface area contributed by atoms with E-state index in [-0.39, 0.29) is 18.5 Å². The number of morpholine rings is 1. The lowest BCUT2D eigenvalue weighted by Gasteiger charge is -2.35. The molecule has 0 amide bonds. The highest BCUT2D eigenvalue weighted by Gasteiger charge is 2.30. The van der Waals surface area contributed by atoms with Gasteiger partial charge in [-0.1, -0.05) is 12.1 Å². The molecule has 1 saturated heterocycles. The SMILES string of the molecule is Cc1nn(-c2ccccc2F)c(C)c1C1COCCN1CCOCC(F)F. The molecule has 2 aromatic rings. The summed E-state index contributed by atoms with van der Waals surface area (Å²) in [7, 11) is 0. The van der Waals surface area contributed by atoms with Gasteiger partial charge in [-0.15, -0.1) is 0 Å². The van der Waals surface area contributed by atoms with E-state index < -0.39 is 13.0 Å². The molecule has 0 bridgehead atoms. The van der Waals surface area contributed by atoms with Crippen LogP contribution in [0.1, 0.15) is 23.0 Å². The van der Waals surface area contributed by atoms with Crippen LogP contribution in [0.15, 0.2) is 24.3 Å². The van der Waals surface area contributed by atoms with Gasteiger partial charge in [-0.05, 0) is 26.0 Å². The molecule has 0 spiro atoms. The Kier molecular flexibility index (Phi) is 6.51. The first-order chi connectivity index (χ1) is 13.0. The lowest BCUT2D eigenvalue weighted by Crippen LogP contribution is -2.41. The van der Waals surface area contributed by atoms with Gasteiger partial charge in [0.2, 0.25) is 0 Å². The van der Waals surface area contributed by atoms with Crippen molar-refractivity contribution >= 4 is 0 Å². The summed E-state index contributed by atoms with van der Waals surface area (Å²) >= 11 is 0. The molecule has 1 aromatic carbocycles.